The SMILES string of the molecule is Cc1ccncc1CNC(=O)CCCn1nnc(-c2ccccc2)n1. The number of hydrogen-bond donors (Lipinski definition) is 1. The van der Waals surface area contributed by atoms with Crippen molar-refractivity contribution in [1.29, 1.82) is 0 Å². The summed E-state index contributed by atoms with van der Waals surface area (Å²) in [5.74, 6) is 0.601. The van der Waals surface area contributed by atoms with E-state index in [0.717, 1.165) is 16.7 Å². The van der Waals surface area contributed by atoms with Crippen LogP contribution in [0.5, 0.6) is 0 Å². The number of carbonyl (C=O) groups excluding carboxylic acids is 1. The lowest BCUT2D eigenvalue weighted by atomic mass is 10.1. The van der Waals surface area contributed by atoms with E-state index in [1.807, 2.05) is 43.3 Å². The number of tetrazole rings is 1. The molecule has 0 unspecified atom stereocenters. The van der Waals surface area contributed by atoms with Gasteiger partial charge in [0.05, 0.1) is 6.54 Å². The van der Waals surface area contributed by atoms with E-state index < -0.39 is 0 Å². The predicted molar refractivity (Wildman–Crippen MR) is 93.3 cm³/mol. The number of hydrogen-bond acceptors (Lipinski definition) is 5. The van der Waals surface area contributed by atoms with Crippen LogP contribution in [0, 0.1) is 6.92 Å². The lowest BCUT2D eigenvalue weighted by Gasteiger charge is -2.07. The maximum atomic E-state index is 11.9. The third kappa shape index (κ3) is 4.69. The number of rotatable bonds is 7. The molecule has 2 aromatic heterocycles. The highest BCUT2D eigenvalue weighted by Gasteiger charge is 2.07. The Morgan fingerprint density at radius 1 is 1.20 bits per heavy atom. The molecule has 0 atom stereocenters. The number of pyridine rings is 1. The molecule has 0 saturated carbocycles. The number of carbonyl (C=O) groups is 1. The van der Waals surface area contributed by atoms with Gasteiger partial charge in [0.15, 0.2) is 0 Å². The molecule has 25 heavy (non-hydrogen) atoms. The summed E-state index contributed by atoms with van der Waals surface area (Å²) < 4.78 is 0. The molecule has 0 aliphatic heterocycles. The van der Waals surface area contributed by atoms with Crippen LogP contribution in [0.4, 0.5) is 0 Å². The fourth-order valence-electron chi connectivity index (χ4n) is 2.39. The first-order valence-corrected chi connectivity index (χ1v) is 8.22. The molecular weight excluding hydrogens is 316 g/mol. The molecule has 2 heterocycles. The van der Waals surface area contributed by atoms with Gasteiger partial charge in [0.1, 0.15) is 0 Å². The average Bonchev–Trinajstić information content (AvgIpc) is 3.11. The summed E-state index contributed by atoms with van der Waals surface area (Å²) in [5, 5.41) is 15.3. The topological polar surface area (TPSA) is 85.6 Å². The van der Waals surface area contributed by atoms with Gasteiger partial charge >= 0.3 is 0 Å². The summed E-state index contributed by atoms with van der Waals surface area (Å²) in [7, 11) is 0. The molecule has 0 aliphatic rings. The van der Waals surface area contributed by atoms with Crippen molar-refractivity contribution in [3.05, 3.63) is 59.9 Å². The Morgan fingerprint density at radius 3 is 2.84 bits per heavy atom. The van der Waals surface area contributed by atoms with Crippen molar-refractivity contribution in [2.24, 2.45) is 0 Å². The Labute approximate surface area is 146 Å². The predicted octanol–water partition coefficient (Wildman–Crippen LogP) is 2.14. The molecule has 1 N–H and O–H groups in total. The smallest absolute Gasteiger partial charge is 0.220 e. The maximum Gasteiger partial charge on any atom is 0.220 e. The monoisotopic (exact) mass is 336 g/mol. The first-order valence-electron chi connectivity index (χ1n) is 8.22. The summed E-state index contributed by atoms with van der Waals surface area (Å²) in [6.45, 7) is 3.06. The van der Waals surface area contributed by atoms with Crippen molar-refractivity contribution >= 4 is 5.91 Å². The Balaban J connectivity index is 1.43. The zero-order valence-electron chi connectivity index (χ0n) is 14.1. The summed E-state index contributed by atoms with van der Waals surface area (Å²) >= 11 is 0. The van der Waals surface area contributed by atoms with Gasteiger partial charge in [-0.25, -0.2) is 0 Å². The molecule has 0 radical (unpaired) electrons. The molecule has 1 aromatic carbocycles. The van der Waals surface area contributed by atoms with E-state index in [1.54, 1.807) is 12.4 Å². The van der Waals surface area contributed by atoms with E-state index >= 15 is 0 Å². The van der Waals surface area contributed by atoms with Gasteiger partial charge < -0.3 is 5.32 Å². The number of aryl methyl sites for hydroxylation is 2. The van der Waals surface area contributed by atoms with Gasteiger partial charge in [0.2, 0.25) is 11.7 Å². The van der Waals surface area contributed by atoms with Crippen LogP contribution in [0.15, 0.2) is 48.8 Å². The second kappa shape index (κ2) is 8.14. The van der Waals surface area contributed by atoms with Crippen LogP contribution in [0.1, 0.15) is 24.0 Å². The normalized spacial score (nSPS) is 10.6. The molecule has 128 valence electrons. The molecule has 0 aliphatic carbocycles. The van der Waals surface area contributed by atoms with E-state index in [-0.39, 0.29) is 5.91 Å². The highest BCUT2D eigenvalue weighted by Crippen LogP contribution is 2.12. The fourth-order valence-corrected chi connectivity index (χ4v) is 2.39. The summed E-state index contributed by atoms with van der Waals surface area (Å²) in [5.41, 5.74) is 3.08. The van der Waals surface area contributed by atoms with Gasteiger partial charge in [0, 0.05) is 30.9 Å². The Bertz CT molecular complexity index is 830. The second-order valence-electron chi connectivity index (χ2n) is 5.76. The van der Waals surface area contributed by atoms with E-state index in [1.165, 1.54) is 4.80 Å². The van der Waals surface area contributed by atoms with Crippen molar-refractivity contribution in [3.63, 3.8) is 0 Å². The molecule has 1 amide bonds. The minimum Gasteiger partial charge on any atom is -0.352 e. The van der Waals surface area contributed by atoms with Crippen LogP contribution in [0.3, 0.4) is 0 Å². The van der Waals surface area contributed by atoms with Crippen LogP contribution in [-0.2, 0) is 17.9 Å². The summed E-state index contributed by atoms with van der Waals surface area (Å²) in [4.78, 5) is 17.6. The zero-order chi connectivity index (χ0) is 17.5. The van der Waals surface area contributed by atoms with Gasteiger partial charge in [-0.1, -0.05) is 30.3 Å². The number of nitrogens with one attached hydrogen (secondary N) is 1. The van der Waals surface area contributed by atoms with Gasteiger partial charge in [-0.05, 0) is 35.8 Å². The molecule has 0 fully saturated rings. The number of benzene rings is 1. The van der Waals surface area contributed by atoms with Gasteiger partial charge in [-0.3, -0.25) is 9.78 Å². The van der Waals surface area contributed by atoms with Crippen molar-refractivity contribution in [2.45, 2.75) is 32.9 Å². The lowest BCUT2D eigenvalue weighted by Crippen LogP contribution is -2.23. The number of nitrogens with zero attached hydrogens (tertiary/aromatic N) is 5. The average molecular weight is 336 g/mol. The van der Waals surface area contributed by atoms with Gasteiger partial charge in [-0.15, -0.1) is 10.2 Å². The Kier molecular flexibility index (Phi) is 5.46. The molecule has 0 bridgehead atoms. The van der Waals surface area contributed by atoms with Gasteiger partial charge in [0.25, 0.3) is 0 Å². The molecule has 0 spiro atoms. The standard InChI is InChI=1S/C18H20N6O/c1-14-9-10-19-12-16(14)13-20-17(25)8-5-11-24-22-18(21-23-24)15-6-3-2-4-7-15/h2-4,6-7,9-10,12H,5,8,11,13H2,1H3,(H,20,25). The third-order valence-corrected chi connectivity index (χ3v) is 3.87. The third-order valence-electron chi connectivity index (χ3n) is 3.87. The van der Waals surface area contributed by atoms with Crippen molar-refractivity contribution in [3.8, 4) is 11.4 Å². The lowest BCUT2D eigenvalue weighted by molar-refractivity contribution is -0.121. The highest BCUT2D eigenvalue weighted by atomic mass is 16.1. The molecule has 3 rings (SSSR count). The first-order chi connectivity index (χ1) is 12.2. The van der Waals surface area contributed by atoms with Crippen LogP contribution >= 0.6 is 0 Å². The molecule has 3 aromatic rings. The quantitative estimate of drug-likeness (QED) is 0.714. The van der Waals surface area contributed by atoms with E-state index in [0.29, 0.717) is 31.8 Å². The maximum absolute atomic E-state index is 11.9. The minimum atomic E-state index is 0.00616. The van der Waals surface area contributed by atoms with Gasteiger partial charge in [-0.2, -0.15) is 4.80 Å². The van der Waals surface area contributed by atoms with Crippen molar-refractivity contribution < 1.29 is 4.79 Å². The van der Waals surface area contributed by atoms with Crippen LogP contribution in [0.25, 0.3) is 11.4 Å². The molecule has 7 heteroatoms. The number of amides is 1. The summed E-state index contributed by atoms with van der Waals surface area (Å²) in [6, 6.07) is 11.6. The zero-order valence-corrected chi connectivity index (χ0v) is 14.1. The van der Waals surface area contributed by atoms with E-state index in [4.69, 9.17) is 0 Å². The minimum absolute atomic E-state index is 0.00616. The molecular formula is C18H20N6O. The van der Waals surface area contributed by atoms with E-state index in [9.17, 15) is 4.79 Å². The number of aromatic nitrogens is 5. The van der Waals surface area contributed by atoms with Crippen molar-refractivity contribution in [2.75, 3.05) is 0 Å². The Hall–Kier alpha value is -3.09. The van der Waals surface area contributed by atoms with Crippen LogP contribution < -0.4 is 5.32 Å². The van der Waals surface area contributed by atoms with Crippen LogP contribution in [-0.4, -0.2) is 31.1 Å². The first kappa shape index (κ1) is 16.8. The summed E-state index contributed by atoms with van der Waals surface area (Å²) in [6.07, 6.45) is 4.60. The second-order valence-corrected chi connectivity index (χ2v) is 5.76. The molecule has 0 saturated heterocycles. The molecule has 7 nitrogen and oxygen atoms in total. The fraction of sp³-hybridized carbons (Fsp3) is 0.278. The van der Waals surface area contributed by atoms with Crippen LogP contribution in [0.2, 0.25) is 0 Å². The Morgan fingerprint density at radius 2 is 2.04 bits per heavy atom. The highest BCUT2D eigenvalue weighted by molar-refractivity contribution is 5.75. The van der Waals surface area contributed by atoms with Crippen molar-refractivity contribution in [1.82, 2.24) is 30.5 Å². The largest absolute Gasteiger partial charge is 0.352 e. The van der Waals surface area contributed by atoms with E-state index in [2.05, 4.69) is 25.7 Å².